The number of furan rings is 1. The van der Waals surface area contributed by atoms with Crippen molar-refractivity contribution in [2.75, 3.05) is 33.2 Å². The zero-order valence-corrected chi connectivity index (χ0v) is 18.7. The van der Waals surface area contributed by atoms with Gasteiger partial charge >= 0.3 is 5.97 Å². The quantitative estimate of drug-likeness (QED) is 0.433. The van der Waals surface area contributed by atoms with E-state index in [1.54, 1.807) is 6.07 Å². The first-order valence-electron chi connectivity index (χ1n) is 10.9. The molecule has 2 aromatic heterocycles. The number of carbonyl (C=O) groups is 1. The molecule has 1 fully saturated rings. The number of phenols is 1. The Morgan fingerprint density at radius 2 is 1.85 bits per heavy atom. The van der Waals surface area contributed by atoms with E-state index < -0.39 is 23.8 Å². The van der Waals surface area contributed by atoms with Crippen LogP contribution in [0.5, 0.6) is 5.75 Å². The van der Waals surface area contributed by atoms with Crippen molar-refractivity contribution in [3.8, 4) is 5.75 Å². The van der Waals surface area contributed by atoms with Gasteiger partial charge in [-0.1, -0.05) is 0 Å². The summed E-state index contributed by atoms with van der Waals surface area (Å²) in [4.78, 5) is 20.1. The molecule has 176 valence electrons. The van der Waals surface area contributed by atoms with E-state index in [2.05, 4.69) is 14.8 Å². The van der Waals surface area contributed by atoms with E-state index >= 15 is 0 Å². The molecule has 34 heavy (non-hydrogen) atoms. The molecule has 1 atom stereocenters. The monoisotopic (exact) mass is 467 g/mol. The molecule has 1 aliphatic heterocycles. The second-order valence-corrected chi connectivity index (χ2v) is 8.65. The SMILES string of the molecule is Cc1oc2c(c1C(=O)O)c(C(c1ccnc(F)c1)N1CCN(C)CC1)c(O)c1cc(F)ccc12. The molecule has 0 amide bonds. The Morgan fingerprint density at radius 1 is 1.12 bits per heavy atom. The Hall–Kier alpha value is -3.56. The van der Waals surface area contributed by atoms with Gasteiger partial charge < -0.3 is 19.5 Å². The minimum atomic E-state index is -1.21. The summed E-state index contributed by atoms with van der Waals surface area (Å²) in [6.45, 7) is 4.17. The van der Waals surface area contributed by atoms with Crippen molar-refractivity contribution in [1.82, 2.24) is 14.8 Å². The average Bonchev–Trinajstić information content (AvgIpc) is 3.14. The molecule has 1 aliphatic rings. The highest BCUT2D eigenvalue weighted by molar-refractivity contribution is 6.16. The lowest BCUT2D eigenvalue weighted by Crippen LogP contribution is -2.46. The minimum Gasteiger partial charge on any atom is -0.507 e. The number of phenolic OH excluding ortho intramolecular Hbond substituents is 1. The first-order valence-corrected chi connectivity index (χ1v) is 10.9. The molecule has 0 bridgehead atoms. The number of fused-ring (bicyclic) bond motifs is 3. The number of aryl methyl sites for hydroxylation is 1. The highest BCUT2D eigenvalue weighted by Crippen LogP contribution is 2.47. The van der Waals surface area contributed by atoms with Crippen molar-refractivity contribution in [1.29, 1.82) is 0 Å². The van der Waals surface area contributed by atoms with Crippen LogP contribution in [0.4, 0.5) is 8.78 Å². The highest BCUT2D eigenvalue weighted by atomic mass is 19.1. The van der Waals surface area contributed by atoms with Crippen molar-refractivity contribution in [2.24, 2.45) is 0 Å². The molecule has 2 N–H and O–H groups in total. The van der Waals surface area contributed by atoms with Crippen LogP contribution in [0.3, 0.4) is 0 Å². The smallest absolute Gasteiger partial charge is 0.339 e. The van der Waals surface area contributed by atoms with Crippen LogP contribution >= 0.6 is 0 Å². The number of carboxylic acid groups (broad SMARTS) is 1. The van der Waals surface area contributed by atoms with Crippen LogP contribution in [0, 0.1) is 18.7 Å². The first kappa shape index (κ1) is 22.2. The molecule has 2 aromatic carbocycles. The largest absolute Gasteiger partial charge is 0.507 e. The summed E-state index contributed by atoms with van der Waals surface area (Å²) in [7, 11) is 1.99. The lowest BCUT2D eigenvalue weighted by Gasteiger charge is -2.39. The van der Waals surface area contributed by atoms with Gasteiger partial charge in [-0.2, -0.15) is 4.39 Å². The minimum absolute atomic E-state index is 0.0832. The fourth-order valence-electron chi connectivity index (χ4n) is 4.92. The normalized spacial score (nSPS) is 16.4. The summed E-state index contributed by atoms with van der Waals surface area (Å²) in [5, 5.41) is 22.4. The number of benzene rings is 2. The number of pyridine rings is 1. The predicted molar refractivity (Wildman–Crippen MR) is 122 cm³/mol. The number of halogens is 2. The molecule has 5 rings (SSSR count). The number of aromatic carboxylic acids is 1. The maximum Gasteiger partial charge on any atom is 0.339 e. The van der Waals surface area contributed by atoms with E-state index in [9.17, 15) is 23.8 Å². The van der Waals surface area contributed by atoms with Gasteiger partial charge in [0.05, 0.1) is 6.04 Å². The van der Waals surface area contributed by atoms with Crippen LogP contribution in [0.15, 0.2) is 40.9 Å². The van der Waals surface area contributed by atoms with Crippen LogP contribution in [0.1, 0.15) is 33.3 Å². The fourth-order valence-corrected chi connectivity index (χ4v) is 4.92. The number of carboxylic acids is 1. The Balaban J connectivity index is 1.91. The number of piperazine rings is 1. The number of rotatable bonds is 4. The van der Waals surface area contributed by atoms with E-state index in [1.807, 2.05) is 7.05 Å². The molecule has 7 nitrogen and oxygen atoms in total. The van der Waals surface area contributed by atoms with Crippen molar-refractivity contribution >= 4 is 27.7 Å². The second kappa shape index (κ2) is 8.34. The summed E-state index contributed by atoms with van der Waals surface area (Å²) in [5.41, 5.74) is 0.906. The number of aromatic nitrogens is 1. The van der Waals surface area contributed by atoms with Gasteiger partial charge in [0.1, 0.15) is 28.5 Å². The van der Waals surface area contributed by atoms with Gasteiger partial charge in [0.15, 0.2) is 0 Å². The molecule has 4 aromatic rings. The molecular formula is C25H23F2N3O4. The van der Waals surface area contributed by atoms with Crippen molar-refractivity contribution in [3.63, 3.8) is 0 Å². The third-order valence-corrected chi connectivity index (χ3v) is 6.55. The third-order valence-electron chi connectivity index (χ3n) is 6.55. The number of aromatic hydroxyl groups is 1. The van der Waals surface area contributed by atoms with Crippen LogP contribution in [-0.4, -0.2) is 64.2 Å². The zero-order chi connectivity index (χ0) is 24.1. The van der Waals surface area contributed by atoms with Crippen LogP contribution in [-0.2, 0) is 0 Å². The summed E-state index contributed by atoms with van der Waals surface area (Å²) < 4.78 is 34.4. The first-order chi connectivity index (χ1) is 16.3. The van der Waals surface area contributed by atoms with Gasteiger partial charge in [-0.15, -0.1) is 0 Å². The summed E-state index contributed by atoms with van der Waals surface area (Å²) in [6, 6.07) is 6.09. The molecular weight excluding hydrogens is 444 g/mol. The molecule has 0 spiro atoms. The highest BCUT2D eigenvalue weighted by Gasteiger charge is 2.34. The van der Waals surface area contributed by atoms with Crippen LogP contribution in [0.25, 0.3) is 21.7 Å². The van der Waals surface area contributed by atoms with Crippen molar-refractivity contribution in [3.05, 3.63) is 70.7 Å². The van der Waals surface area contributed by atoms with Gasteiger partial charge in [0.25, 0.3) is 0 Å². The van der Waals surface area contributed by atoms with Crippen LogP contribution in [0.2, 0.25) is 0 Å². The zero-order valence-electron chi connectivity index (χ0n) is 18.7. The Bertz CT molecular complexity index is 1430. The summed E-state index contributed by atoms with van der Waals surface area (Å²) in [5.74, 6) is -2.55. The second-order valence-electron chi connectivity index (χ2n) is 8.65. The van der Waals surface area contributed by atoms with E-state index in [0.29, 0.717) is 24.0 Å². The van der Waals surface area contributed by atoms with Gasteiger partial charge in [-0.25, -0.2) is 14.2 Å². The topological polar surface area (TPSA) is 90.0 Å². The molecule has 0 radical (unpaired) electrons. The van der Waals surface area contributed by atoms with Gasteiger partial charge in [0.2, 0.25) is 5.95 Å². The molecule has 9 heteroatoms. The van der Waals surface area contributed by atoms with E-state index in [4.69, 9.17) is 4.42 Å². The average molecular weight is 467 g/mol. The van der Waals surface area contributed by atoms with E-state index in [1.165, 1.54) is 37.4 Å². The lowest BCUT2D eigenvalue weighted by molar-refractivity contribution is 0.0696. The standard InChI is InChI=1S/C25H23F2N3O4/c1-13-19(25(32)33)20-21(23(31)17-12-15(26)3-4-16(17)24(20)34-13)22(14-5-6-28-18(27)11-14)30-9-7-29(2)8-10-30/h3-6,11-12,22,31H,7-10H2,1-2H3,(H,32,33). The predicted octanol–water partition coefficient (Wildman–Crippen LogP) is 4.31. The van der Waals surface area contributed by atoms with E-state index in [0.717, 1.165) is 13.1 Å². The summed E-state index contributed by atoms with van der Waals surface area (Å²) >= 11 is 0. The Kier molecular flexibility index (Phi) is 5.45. The molecule has 1 unspecified atom stereocenters. The molecule has 1 saturated heterocycles. The number of nitrogens with zero attached hydrogens (tertiary/aromatic N) is 3. The summed E-state index contributed by atoms with van der Waals surface area (Å²) in [6.07, 6.45) is 1.33. The van der Waals surface area contributed by atoms with Gasteiger partial charge in [-0.05, 0) is 49.9 Å². The maximum atomic E-state index is 14.2. The molecule has 3 heterocycles. The number of hydrogen-bond donors (Lipinski definition) is 2. The van der Waals surface area contributed by atoms with Gasteiger partial charge in [0, 0.05) is 54.1 Å². The fraction of sp³-hybridized carbons (Fsp3) is 0.280. The van der Waals surface area contributed by atoms with Crippen molar-refractivity contribution < 1.29 is 28.2 Å². The Labute approximate surface area is 193 Å². The third kappa shape index (κ3) is 3.57. The maximum absolute atomic E-state index is 14.2. The van der Waals surface area contributed by atoms with Crippen molar-refractivity contribution in [2.45, 2.75) is 13.0 Å². The van der Waals surface area contributed by atoms with Crippen LogP contribution < -0.4 is 0 Å². The number of likely N-dealkylation sites (N-methyl/N-ethyl adjacent to an activating group) is 1. The lowest BCUT2D eigenvalue weighted by atomic mass is 9.89. The van der Waals surface area contributed by atoms with Gasteiger partial charge in [-0.3, -0.25) is 4.90 Å². The molecule has 0 aliphatic carbocycles. The molecule has 0 saturated carbocycles. The van der Waals surface area contributed by atoms with E-state index in [-0.39, 0.29) is 39.0 Å². The number of hydrogen-bond acceptors (Lipinski definition) is 6. The Morgan fingerprint density at radius 3 is 2.53 bits per heavy atom.